The average Bonchev–Trinajstić information content (AvgIpc) is 4.00. The van der Waals surface area contributed by atoms with Gasteiger partial charge in [-0.3, -0.25) is 0 Å². The van der Waals surface area contributed by atoms with Crippen LogP contribution in [0.25, 0.3) is 79.7 Å². The van der Waals surface area contributed by atoms with E-state index in [1.807, 2.05) is 22.7 Å². The van der Waals surface area contributed by atoms with Crippen LogP contribution >= 0.6 is 22.7 Å². The third-order valence-electron chi connectivity index (χ3n) is 12.4. The zero-order valence-electron chi connectivity index (χ0n) is 32.7. The highest BCUT2D eigenvalue weighted by Gasteiger charge is 2.35. The maximum absolute atomic E-state index is 2.51. The summed E-state index contributed by atoms with van der Waals surface area (Å²) in [6, 6.07) is 71.5. The predicted molar refractivity (Wildman–Crippen MR) is 255 cm³/mol. The first-order valence-electron chi connectivity index (χ1n) is 20.3. The Balaban J connectivity index is 0.983. The van der Waals surface area contributed by atoms with E-state index in [4.69, 9.17) is 0 Å². The molecule has 4 heteroatoms. The normalized spacial score (nSPS) is 13.1. The summed E-state index contributed by atoms with van der Waals surface area (Å²) < 4.78 is 7.88. The molecule has 1 aliphatic rings. The first-order chi connectivity index (χ1) is 29.0. The molecule has 0 N–H and O–H groups in total. The zero-order chi connectivity index (χ0) is 39.2. The van der Waals surface area contributed by atoms with Gasteiger partial charge in [0.1, 0.15) is 0 Å². The van der Waals surface area contributed by atoms with Gasteiger partial charge in [-0.25, -0.2) is 0 Å². The summed E-state index contributed by atoms with van der Waals surface area (Å²) in [6.45, 7) is 4.70. The standard InChI is InChI=1S/C55H38N2S2/c1-55(2)47-20-9-6-17-43(47)44-32-25-38(34-48(44)55)36-23-26-39(27-24-36)56(42-16-12-15-37(33-42)35-13-4-3-5-14-35)40-28-30-41(31-29-40)57-51-45-18-7-10-21-49(45)58-53(51)54-52(57)46-19-8-11-22-50(46)59-54/h3-34H,1-2H3. The Morgan fingerprint density at radius 3 is 1.63 bits per heavy atom. The van der Waals surface area contributed by atoms with Gasteiger partial charge >= 0.3 is 0 Å². The number of hydrogen-bond acceptors (Lipinski definition) is 3. The van der Waals surface area contributed by atoms with Crippen LogP contribution < -0.4 is 4.90 Å². The lowest BCUT2D eigenvalue weighted by Crippen LogP contribution is -2.14. The minimum absolute atomic E-state index is 0.0418. The molecule has 0 bridgehead atoms. The first kappa shape index (κ1) is 34.3. The predicted octanol–water partition coefficient (Wildman–Crippen LogP) is 16.3. The lowest BCUT2D eigenvalue weighted by Gasteiger charge is -2.27. The minimum Gasteiger partial charge on any atom is -0.310 e. The van der Waals surface area contributed by atoms with Gasteiger partial charge in [0.25, 0.3) is 0 Å². The van der Waals surface area contributed by atoms with E-state index in [-0.39, 0.29) is 5.41 Å². The highest BCUT2D eigenvalue weighted by Crippen LogP contribution is 2.51. The summed E-state index contributed by atoms with van der Waals surface area (Å²) in [5.41, 5.74) is 17.4. The number of fused-ring (bicyclic) bond motifs is 10. The number of hydrogen-bond donors (Lipinski definition) is 0. The van der Waals surface area contributed by atoms with Gasteiger partial charge in [-0.2, -0.15) is 0 Å². The molecule has 3 heterocycles. The maximum atomic E-state index is 2.51. The van der Waals surface area contributed by atoms with Gasteiger partial charge in [0.2, 0.25) is 0 Å². The molecule has 0 aliphatic heterocycles. The van der Waals surface area contributed by atoms with Gasteiger partial charge in [0, 0.05) is 48.3 Å². The summed E-state index contributed by atoms with van der Waals surface area (Å²) in [5.74, 6) is 0. The second-order valence-electron chi connectivity index (χ2n) is 16.1. The Morgan fingerprint density at radius 1 is 0.407 bits per heavy atom. The largest absolute Gasteiger partial charge is 0.310 e. The molecule has 1 aliphatic carbocycles. The summed E-state index contributed by atoms with van der Waals surface area (Å²) in [4.78, 5) is 2.39. The second kappa shape index (κ2) is 13.2. The molecule has 0 unspecified atom stereocenters. The van der Waals surface area contributed by atoms with Crippen molar-refractivity contribution in [3.05, 3.63) is 205 Å². The minimum atomic E-state index is -0.0418. The van der Waals surface area contributed by atoms with Crippen molar-refractivity contribution in [2.75, 3.05) is 4.90 Å². The van der Waals surface area contributed by atoms with Crippen LogP contribution in [-0.4, -0.2) is 4.57 Å². The molecule has 0 spiro atoms. The third kappa shape index (κ3) is 5.30. The highest BCUT2D eigenvalue weighted by molar-refractivity contribution is 7.33. The fourth-order valence-corrected chi connectivity index (χ4v) is 12.0. The molecule has 12 rings (SSSR count). The van der Waals surface area contributed by atoms with Crippen LogP contribution in [0.1, 0.15) is 25.0 Å². The average molecular weight is 791 g/mol. The molecule has 3 aromatic heterocycles. The smallest absolute Gasteiger partial charge is 0.0736 e. The molecule has 59 heavy (non-hydrogen) atoms. The summed E-state index contributed by atoms with van der Waals surface area (Å²) in [5, 5.41) is 2.61. The van der Waals surface area contributed by atoms with E-state index in [0.29, 0.717) is 0 Å². The van der Waals surface area contributed by atoms with E-state index in [0.717, 1.165) is 22.7 Å². The number of benzene rings is 8. The molecule has 280 valence electrons. The molecular weight excluding hydrogens is 753 g/mol. The van der Waals surface area contributed by atoms with E-state index >= 15 is 0 Å². The maximum Gasteiger partial charge on any atom is 0.0736 e. The molecule has 0 fully saturated rings. The molecule has 11 aromatic rings. The monoisotopic (exact) mass is 790 g/mol. The Morgan fingerprint density at radius 2 is 0.932 bits per heavy atom. The molecule has 0 atom stereocenters. The highest BCUT2D eigenvalue weighted by atomic mass is 32.1. The van der Waals surface area contributed by atoms with Crippen LogP contribution in [0.4, 0.5) is 17.1 Å². The molecule has 0 saturated heterocycles. The van der Waals surface area contributed by atoms with E-state index < -0.39 is 0 Å². The molecule has 0 saturated carbocycles. The summed E-state index contributed by atoms with van der Waals surface area (Å²) in [7, 11) is 0. The van der Waals surface area contributed by atoms with E-state index in [1.54, 1.807) is 0 Å². The number of anilines is 3. The fraction of sp³-hybridized carbons (Fsp3) is 0.0545. The van der Waals surface area contributed by atoms with Gasteiger partial charge < -0.3 is 9.47 Å². The molecule has 2 nitrogen and oxygen atoms in total. The van der Waals surface area contributed by atoms with Crippen molar-refractivity contribution in [2.45, 2.75) is 19.3 Å². The molecule has 8 aromatic carbocycles. The van der Waals surface area contributed by atoms with Gasteiger partial charge in [0.05, 0.1) is 20.4 Å². The fourth-order valence-electron chi connectivity index (χ4n) is 9.53. The Kier molecular flexibility index (Phi) is 7.65. The van der Waals surface area contributed by atoms with Crippen molar-refractivity contribution >= 4 is 80.3 Å². The molecular formula is C55H38N2S2. The van der Waals surface area contributed by atoms with Gasteiger partial charge in [0.15, 0.2) is 0 Å². The summed E-state index contributed by atoms with van der Waals surface area (Å²) in [6.07, 6.45) is 0. The van der Waals surface area contributed by atoms with Crippen LogP contribution in [-0.2, 0) is 5.41 Å². The van der Waals surface area contributed by atoms with Crippen molar-refractivity contribution in [3.8, 4) is 39.1 Å². The quantitative estimate of drug-likeness (QED) is 0.163. The summed E-state index contributed by atoms with van der Waals surface area (Å²) >= 11 is 3.81. The van der Waals surface area contributed by atoms with Gasteiger partial charge in [-0.05, 0) is 111 Å². The van der Waals surface area contributed by atoms with E-state index in [2.05, 4.69) is 217 Å². The number of aromatic nitrogens is 1. The third-order valence-corrected chi connectivity index (χ3v) is 14.9. The number of rotatable bonds is 6. The lowest BCUT2D eigenvalue weighted by atomic mass is 9.81. The van der Waals surface area contributed by atoms with Crippen molar-refractivity contribution in [1.29, 1.82) is 0 Å². The van der Waals surface area contributed by atoms with Crippen LogP contribution in [0.2, 0.25) is 0 Å². The van der Waals surface area contributed by atoms with Crippen molar-refractivity contribution in [3.63, 3.8) is 0 Å². The topological polar surface area (TPSA) is 8.17 Å². The molecule has 0 amide bonds. The second-order valence-corrected chi connectivity index (χ2v) is 18.2. The van der Waals surface area contributed by atoms with Gasteiger partial charge in [-0.1, -0.05) is 141 Å². The van der Waals surface area contributed by atoms with Crippen LogP contribution in [0.3, 0.4) is 0 Å². The lowest BCUT2D eigenvalue weighted by molar-refractivity contribution is 0.660. The number of thiophene rings is 2. The Bertz CT molecular complexity index is 3310. The van der Waals surface area contributed by atoms with Crippen LogP contribution in [0.15, 0.2) is 194 Å². The van der Waals surface area contributed by atoms with Gasteiger partial charge in [-0.15, -0.1) is 22.7 Å². The number of nitrogens with zero attached hydrogens (tertiary/aromatic N) is 2. The van der Waals surface area contributed by atoms with Crippen molar-refractivity contribution in [1.82, 2.24) is 4.57 Å². The van der Waals surface area contributed by atoms with Crippen LogP contribution in [0, 0.1) is 0 Å². The SMILES string of the molecule is CC1(C)c2ccccc2-c2ccc(-c3ccc(N(c4ccc(-n5c6c7ccccc7sc6c6sc7ccccc7c65)cc4)c4cccc(-c5ccccc5)c4)cc3)cc21. The van der Waals surface area contributed by atoms with E-state index in [1.165, 1.54) is 85.1 Å². The Labute approximate surface area is 351 Å². The van der Waals surface area contributed by atoms with E-state index in [9.17, 15) is 0 Å². The zero-order valence-corrected chi connectivity index (χ0v) is 34.3. The van der Waals surface area contributed by atoms with Crippen molar-refractivity contribution < 1.29 is 0 Å². The first-order valence-corrected chi connectivity index (χ1v) is 21.9. The van der Waals surface area contributed by atoms with Crippen LogP contribution in [0.5, 0.6) is 0 Å². The van der Waals surface area contributed by atoms with Crippen molar-refractivity contribution in [2.24, 2.45) is 0 Å². The molecule has 0 radical (unpaired) electrons. The Hall–Kier alpha value is -6.72.